The normalized spacial score (nSPS) is 23.3. The summed E-state index contributed by atoms with van der Waals surface area (Å²) in [5, 5.41) is 6.51. The number of alkyl halides is 1. The molecule has 2 atom stereocenters. The van der Waals surface area contributed by atoms with Gasteiger partial charge in [0.15, 0.2) is 0 Å². The fraction of sp³-hybridized carbons (Fsp3) is 1.00. The summed E-state index contributed by atoms with van der Waals surface area (Å²) in [6.07, 6.45) is 1.76. The van der Waals surface area contributed by atoms with Crippen molar-refractivity contribution < 1.29 is 27.2 Å². The minimum absolute atomic E-state index is 0.0957. The number of ether oxygens (including phenoxy) is 1. The van der Waals surface area contributed by atoms with Crippen LogP contribution in [0.3, 0.4) is 0 Å². The van der Waals surface area contributed by atoms with Crippen LogP contribution in [0.15, 0.2) is 0 Å². The van der Waals surface area contributed by atoms with E-state index in [-0.39, 0.29) is 12.5 Å². The van der Waals surface area contributed by atoms with E-state index in [4.69, 9.17) is 9.29 Å². The number of aliphatic hydroxyl groups excluding tert-OH is 1. The zero-order chi connectivity index (χ0) is 14.9. The van der Waals surface area contributed by atoms with Crippen LogP contribution in [0.5, 0.6) is 0 Å². The van der Waals surface area contributed by atoms with Crippen LogP contribution in [0.1, 0.15) is 46.5 Å². The minimum Gasteiger partial charge on any atom is -0.364 e. The van der Waals surface area contributed by atoms with E-state index in [2.05, 4.69) is 0 Å². The monoisotopic (exact) mass is 298 g/mol. The Labute approximate surface area is 113 Å². The topological polar surface area (TPSA) is 83.8 Å². The molecule has 7 heteroatoms. The molecule has 0 heterocycles. The highest BCUT2D eigenvalue weighted by molar-refractivity contribution is 7.87. The zero-order valence-corrected chi connectivity index (χ0v) is 12.4. The second kappa shape index (κ2) is 5.63. The van der Waals surface area contributed by atoms with Crippen LogP contribution in [0.25, 0.3) is 0 Å². The quantitative estimate of drug-likeness (QED) is 0.600. The molecule has 0 saturated heterocycles. The Bertz CT molecular complexity index is 397. The molecule has 19 heavy (non-hydrogen) atoms. The Morgan fingerprint density at radius 3 is 2.16 bits per heavy atom. The summed E-state index contributed by atoms with van der Waals surface area (Å²) in [5.41, 5.74) is -1.52. The highest BCUT2D eigenvalue weighted by Gasteiger charge is 2.60. The van der Waals surface area contributed by atoms with E-state index in [0.29, 0.717) is 0 Å². The first-order valence-corrected chi connectivity index (χ1v) is 7.90. The Balaban J connectivity index is 2.81. The molecule has 1 fully saturated rings. The van der Waals surface area contributed by atoms with Gasteiger partial charge in [0.1, 0.15) is 0 Å². The van der Waals surface area contributed by atoms with Crippen LogP contribution < -0.4 is 0 Å². The summed E-state index contributed by atoms with van der Waals surface area (Å²) in [5.74, 6) is 0.209. The Kier molecular flexibility index (Phi) is 4.98. The molecule has 1 rings (SSSR count). The van der Waals surface area contributed by atoms with Crippen molar-refractivity contribution in [2.45, 2.75) is 57.7 Å². The van der Waals surface area contributed by atoms with Gasteiger partial charge in [0, 0.05) is 5.41 Å². The smallest absolute Gasteiger partial charge is 0.306 e. The third-order valence-electron chi connectivity index (χ3n) is 3.68. The van der Waals surface area contributed by atoms with Gasteiger partial charge in [0.05, 0.1) is 6.61 Å². The molecule has 0 aromatic heterocycles. The average molecular weight is 298 g/mol. The van der Waals surface area contributed by atoms with Gasteiger partial charge in [-0.2, -0.15) is 8.42 Å². The van der Waals surface area contributed by atoms with Crippen LogP contribution in [-0.4, -0.2) is 36.0 Å². The van der Waals surface area contributed by atoms with Crippen molar-refractivity contribution in [2.75, 3.05) is 6.61 Å². The number of hydrogen-bond acceptors (Lipinski definition) is 4. The molecule has 2 N–H and O–H groups in total. The molecule has 1 aliphatic carbocycles. The molecular weight excluding hydrogens is 275 g/mol. The van der Waals surface area contributed by atoms with Crippen molar-refractivity contribution >= 4 is 10.1 Å². The van der Waals surface area contributed by atoms with E-state index in [1.54, 1.807) is 0 Å². The SMILES string of the molecule is CC(C)(C)C(F)(C(O)OCC1CCCC1)S(=O)(=O)O. The van der Waals surface area contributed by atoms with Gasteiger partial charge in [0.25, 0.3) is 5.00 Å². The number of halogens is 1. The van der Waals surface area contributed by atoms with Crippen LogP contribution in [0, 0.1) is 11.3 Å². The molecule has 0 bridgehead atoms. The van der Waals surface area contributed by atoms with Crippen molar-refractivity contribution in [1.82, 2.24) is 0 Å². The van der Waals surface area contributed by atoms with Crippen LogP contribution in [0.2, 0.25) is 0 Å². The van der Waals surface area contributed by atoms with E-state index in [0.717, 1.165) is 25.7 Å². The van der Waals surface area contributed by atoms with E-state index >= 15 is 0 Å². The van der Waals surface area contributed by atoms with Crippen molar-refractivity contribution in [3.05, 3.63) is 0 Å². The summed E-state index contributed by atoms with van der Waals surface area (Å²) in [4.78, 5) is 0. The average Bonchev–Trinajstić information content (AvgIpc) is 2.74. The van der Waals surface area contributed by atoms with Gasteiger partial charge in [-0.25, -0.2) is 4.39 Å². The van der Waals surface area contributed by atoms with Gasteiger partial charge in [-0.05, 0) is 18.8 Å². The summed E-state index contributed by atoms with van der Waals surface area (Å²) < 4.78 is 51.3. The molecule has 0 amide bonds. The highest BCUT2D eigenvalue weighted by Crippen LogP contribution is 2.42. The van der Waals surface area contributed by atoms with Gasteiger partial charge < -0.3 is 9.84 Å². The molecule has 114 valence electrons. The second-order valence-electron chi connectivity index (χ2n) is 6.21. The first-order chi connectivity index (χ1) is 8.50. The van der Waals surface area contributed by atoms with E-state index < -0.39 is 26.8 Å². The third kappa shape index (κ3) is 3.45. The van der Waals surface area contributed by atoms with Gasteiger partial charge in [-0.1, -0.05) is 33.6 Å². The van der Waals surface area contributed by atoms with E-state index in [1.165, 1.54) is 20.8 Å². The molecule has 0 aromatic rings. The first kappa shape index (κ1) is 16.8. The maximum atomic E-state index is 14.7. The maximum absolute atomic E-state index is 14.7. The zero-order valence-electron chi connectivity index (χ0n) is 11.6. The van der Waals surface area contributed by atoms with Gasteiger partial charge >= 0.3 is 10.1 Å². The first-order valence-electron chi connectivity index (χ1n) is 6.46. The molecule has 0 aliphatic heterocycles. The molecule has 5 nitrogen and oxygen atoms in total. The predicted octanol–water partition coefficient (Wildman–Crippen LogP) is 2.11. The van der Waals surface area contributed by atoms with Gasteiger partial charge in [-0.3, -0.25) is 4.55 Å². The van der Waals surface area contributed by atoms with Crippen LogP contribution in [-0.2, 0) is 14.9 Å². The molecule has 1 aliphatic rings. The lowest BCUT2D eigenvalue weighted by Crippen LogP contribution is -2.55. The standard InChI is InChI=1S/C12H23FO5S/c1-11(2,3)12(13,19(15,16)17)10(14)18-8-9-6-4-5-7-9/h9-10,14H,4-8H2,1-3H3,(H,15,16,17). The fourth-order valence-corrected chi connectivity index (χ4v) is 3.49. The molecule has 0 spiro atoms. The maximum Gasteiger partial charge on any atom is 0.306 e. The highest BCUT2D eigenvalue weighted by atomic mass is 32.2. The third-order valence-corrected chi connectivity index (χ3v) is 5.25. The summed E-state index contributed by atoms with van der Waals surface area (Å²) in [6.45, 7) is 3.94. The lowest BCUT2D eigenvalue weighted by Gasteiger charge is -2.37. The van der Waals surface area contributed by atoms with E-state index in [1.807, 2.05) is 0 Å². The van der Waals surface area contributed by atoms with Gasteiger partial charge in [-0.15, -0.1) is 0 Å². The lowest BCUT2D eigenvalue weighted by atomic mass is 9.89. The largest absolute Gasteiger partial charge is 0.364 e. The fourth-order valence-electron chi connectivity index (χ4n) is 2.40. The molecule has 1 saturated carbocycles. The summed E-state index contributed by atoms with van der Waals surface area (Å²) in [6, 6.07) is 0. The Morgan fingerprint density at radius 1 is 1.32 bits per heavy atom. The van der Waals surface area contributed by atoms with Crippen molar-refractivity contribution in [3.8, 4) is 0 Å². The number of hydrogen-bond donors (Lipinski definition) is 2. The minimum atomic E-state index is -5.11. The Morgan fingerprint density at radius 2 is 1.79 bits per heavy atom. The van der Waals surface area contributed by atoms with Crippen molar-refractivity contribution in [2.24, 2.45) is 11.3 Å². The molecule has 0 aromatic carbocycles. The molecule has 0 radical (unpaired) electrons. The molecule has 2 unspecified atom stereocenters. The van der Waals surface area contributed by atoms with Crippen molar-refractivity contribution in [1.29, 1.82) is 0 Å². The van der Waals surface area contributed by atoms with Crippen molar-refractivity contribution in [3.63, 3.8) is 0 Å². The van der Waals surface area contributed by atoms with Crippen LogP contribution in [0.4, 0.5) is 4.39 Å². The summed E-state index contributed by atoms with van der Waals surface area (Å²) >= 11 is 0. The van der Waals surface area contributed by atoms with Crippen LogP contribution >= 0.6 is 0 Å². The van der Waals surface area contributed by atoms with E-state index in [9.17, 15) is 17.9 Å². The molecular formula is C12H23FO5S. The van der Waals surface area contributed by atoms with Gasteiger partial charge in [0.2, 0.25) is 6.29 Å². The Hall–Kier alpha value is -0.240. The lowest BCUT2D eigenvalue weighted by molar-refractivity contribution is -0.188. The predicted molar refractivity (Wildman–Crippen MR) is 68.8 cm³/mol. The summed E-state index contributed by atoms with van der Waals surface area (Å²) in [7, 11) is -5.11. The number of rotatable bonds is 5. The second-order valence-corrected chi connectivity index (χ2v) is 7.75. The number of aliphatic hydroxyl groups is 1.